The highest BCUT2D eigenvalue weighted by molar-refractivity contribution is 9.10. The van der Waals surface area contributed by atoms with Crippen molar-refractivity contribution in [1.82, 2.24) is 20.2 Å². The van der Waals surface area contributed by atoms with Gasteiger partial charge in [0.2, 0.25) is 11.1 Å². The number of amides is 1. The Morgan fingerprint density at radius 1 is 1.14 bits per heavy atom. The van der Waals surface area contributed by atoms with E-state index < -0.39 is 0 Å². The number of carbonyl (C=O) groups is 1. The number of nitrogens with one attached hydrogen (secondary N) is 1. The minimum absolute atomic E-state index is 0.0177. The lowest BCUT2D eigenvalue weighted by atomic mass is 9.97. The van der Waals surface area contributed by atoms with E-state index in [0.29, 0.717) is 16.9 Å². The number of nitrogens with two attached hydrogens (primary N) is 1. The zero-order chi connectivity index (χ0) is 20.8. The van der Waals surface area contributed by atoms with Gasteiger partial charge in [-0.05, 0) is 30.0 Å². The molecule has 0 aliphatic heterocycles. The number of nitrogen functional groups attached to an aromatic ring is 1. The van der Waals surface area contributed by atoms with Crippen LogP contribution in [0, 0.1) is 5.92 Å². The molecule has 3 aromatic rings. The van der Waals surface area contributed by atoms with Crippen molar-refractivity contribution in [1.29, 1.82) is 0 Å². The molecule has 1 heterocycles. The summed E-state index contributed by atoms with van der Waals surface area (Å²) in [6.45, 7) is 4.30. The van der Waals surface area contributed by atoms with Crippen LogP contribution in [0.25, 0.3) is 11.4 Å². The molecule has 8 heteroatoms. The molecule has 6 nitrogen and oxygen atoms in total. The van der Waals surface area contributed by atoms with Crippen molar-refractivity contribution in [3.63, 3.8) is 0 Å². The van der Waals surface area contributed by atoms with Gasteiger partial charge in [-0.25, -0.2) is 4.68 Å². The fourth-order valence-corrected chi connectivity index (χ4v) is 4.13. The van der Waals surface area contributed by atoms with E-state index in [1.54, 1.807) is 0 Å². The summed E-state index contributed by atoms with van der Waals surface area (Å²) in [6.07, 6.45) is 0.875. The molecule has 152 valence electrons. The smallest absolute Gasteiger partial charge is 0.230 e. The number of hydrogen-bond donors (Lipinski definition) is 2. The normalized spacial score (nSPS) is 12.1. The van der Waals surface area contributed by atoms with Crippen LogP contribution in [0.5, 0.6) is 0 Å². The van der Waals surface area contributed by atoms with Gasteiger partial charge in [0.25, 0.3) is 0 Å². The average Bonchev–Trinajstić information content (AvgIpc) is 3.07. The number of carbonyl (C=O) groups excluding carboxylic acids is 1. The molecule has 0 spiro atoms. The van der Waals surface area contributed by atoms with Crippen LogP contribution in [0.1, 0.15) is 31.9 Å². The predicted octanol–water partition coefficient (Wildman–Crippen LogP) is 4.42. The van der Waals surface area contributed by atoms with Gasteiger partial charge in [-0.3, -0.25) is 4.79 Å². The van der Waals surface area contributed by atoms with E-state index in [0.717, 1.165) is 22.0 Å². The van der Waals surface area contributed by atoms with E-state index >= 15 is 0 Å². The van der Waals surface area contributed by atoms with Crippen LogP contribution >= 0.6 is 27.7 Å². The van der Waals surface area contributed by atoms with E-state index in [4.69, 9.17) is 5.84 Å². The molecule has 1 unspecified atom stereocenters. The summed E-state index contributed by atoms with van der Waals surface area (Å²) < 4.78 is 2.30. The summed E-state index contributed by atoms with van der Waals surface area (Å²) in [6, 6.07) is 17.7. The van der Waals surface area contributed by atoms with E-state index in [9.17, 15) is 4.79 Å². The van der Waals surface area contributed by atoms with Gasteiger partial charge in [0.1, 0.15) is 0 Å². The Labute approximate surface area is 183 Å². The van der Waals surface area contributed by atoms with Crippen molar-refractivity contribution in [3.05, 3.63) is 64.6 Å². The summed E-state index contributed by atoms with van der Waals surface area (Å²) in [5.74, 6) is 7.33. The highest BCUT2D eigenvalue weighted by Gasteiger charge is 2.18. The number of nitrogens with zero attached hydrogens (tertiary/aromatic N) is 3. The van der Waals surface area contributed by atoms with Gasteiger partial charge in [0, 0.05) is 10.0 Å². The molecule has 2 aromatic carbocycles. The van der Waals surface area contributed by atoms with Crippen molar-refractivity contribution < 1.29 is 4.79 Å². The Hall–Kier alpha value is -2.32. The summed E-state index contributed by atoms with van der Waals surface area (Å²) in [7, 11) is 0. The van der Waals surface area contributed by atoms with Crippen LogP contribution in [0.4, 0.5) is 0 Å². The third-order valence-electron chi connectivity index (χ3n) is 4.36. The largest absolute Gasteiger partial charge is 0.349 e. The highest BCUT2D eigenvalue weighted by Crippen LogP contribution is 2.28. The molecule has 1 aromatic heterocycles. The molecule has 0 fully saturated rings. The Morgan fingerprint density at radius 3 is 2.52 bits per heavy atom. The van der Waals surface area contributed by atoms with Gasteiger partial charge in [0.15, 0.2) is 5.82 Å². The fraction of sp³-hybridized carbons (Fsp3) is 0.286. The molecular formula is C21H24BrN5OS. The Kier molecular flexibility index (Phi) is 7.33. The lowest BCUT2D eigenvalue weighted by molar-refractivity contribution is -0.119. The molecule has 0 saturated heterocycles. The number of benzene rings is 2. The van der Waals surface area contributed by atoms with Gasteiger partial charge in [0.05, 0.1) is 11.8 Å². The van der Waals surface area contributed by atoms with Gasteiger partial charge in [-0.2, -0.15) is 0 Å². The second-order valence-electron chi connectivity index (χ2n) is 7.11. The zero-order valence-corrected chi connectivity index (χ0v) is 18.8. The number of aromatic nitrogens is 3. The minimum atomic E-state index is -0.0602. The van der Waals surface area contributed by atoms with Crippen molar-refractivity contribution >= 4 is 33.6 Å². The SMILES string of the molecule is CC(C)CC(NC(=O)CSc1nnc(-c2ccccc2Br)n1N)c1ccccc1. The van der Waals surface area contributed by atoms with E-state index in [2.05, 4.69) is 45.3 Å². The first kappa shape index (κ1) is 21.4. The second-order valence-corrected chi connectivity index (χ2v) is 8.90. The van der Waals surface area contributed by atoms with Crippen LogP contribution in [0.15, 0.2) is 64.2 Å². The molecule has 0 aliphatic rings. The fourth-order valence-electron chi connectivity index (χ4n) is 3.00. The van der Waals surface area contributed by atoms with Gasteiger partial charge < -0.3 is 11.2 Å². The summed E-state index contributed by atoms with van der Waals surface area (Å²) in [5, 5.41) is 11.9. The van der Waals surface area contributed by atoms with Crippen molar-refractivity contribution in [2.24, 2.45) is 5.92 Å². The van der Waals surface area contributed by atoms with Crippen molar-refractivity contribution in [3.8, 4) is 11.4 Å². The average molecular weight is 474 g/mol. The summed E-state index contributed by atoms with van der Waals surface area (Å²) in [4.78, 5) is 12.6. The third kappa shape index (κ3) is 5.61. The van der Waals surface area contributed by atoms with Crippen LogP contribution in [-0.4, -0.2) is 26.5 Å². The predicted molar refractivity (Wildman–Crippen MR) is 121 cm³/mol. The van der Waals surface area contributed by atoms with E-state index in [-0.39, 0.29) is 17.7 Å². The maximum Gasteiger partial charge on any atom is 0.230 e. The number of thioether (sulfide) groups is 1. The van der Waals surface area contributed by atoms with Crippen LogP contribution < -0.4 is 11.2 Å². The van der Waals surface area contributed by atoms with Gasteiger partial charge >= 0.3 is 0 Å². The molecule has 0 radical (unpaired) electrons. The molecule has 3 N–H and O–H groups in total. The summed E-state index contributed by atoms with van der Waals surface area (Å²) in [5.41, 5.74) is 1.96. The Bertz CT molecular complexity index is 961. The number of rotatable bonds is 8. The van der Waals surface area contributed by atoms with Gasteiger partial charge in [-0.15, -0.1) is 10.2 Å². The first-order valence-corrected chi connectivity index (χ1v) is 11.2. The van der Waals surface area contributed by atoms with Gasteiger partial charge in [-0.1, -0.05) is 84.0 Å². The summed E-state index contributed by atoms with van der Waals surface area (Å²) >= 11 is 4.77. The molecule has 0 saturated carbocycles. The molecule has 0 bridgehead atoms. The maximum absolute atomic E-state index is 12.6. The molecule has 3 rings (SSSR count). The lowest BCUT2D eigenvalue weighted by Gasteiger charge is -2.21. The Morgan fingerprint density at radius 2 is 1.83 bits per heavy atom. The highest BCUT2D eigenvalue weighted by atomic mass is 79.9. The zero-order valence-electron chi connectivity index (χ0n) is 16.4. The quantitative estimate of drug-likeness (QED) is 0.373. The van der Waals surface area contributed by atoms with E-state index in [1.807, 2.05) is 54.6 Å². The van der Waals surface area contributed by atoms with Crippen molar-refractivity contribution in [2.75, 3.05) is 11.6 Å². The standard InChI is InChI=1S/C21H24BrN5OS/c1-14(2)12-18(15-8-4-3-5-9-15)24-19(28)13-29-21-26-25-20(27(21)23)16-10-6-7-11-17(16)22/h3-11,14,18H,12-13,23H2,1-2H3,(H,24,28). The van der Waals surface area contributed by atoms with E-state index in [1.165, 1.54) is 16.4 Å². The van der Waals surface area contributed by atoms with Crippen LogP contribution in [-0.2, 0) is 4.79 Å². The second kappa shape index (κ2) is 9.93. The monoisotopic (exact) mass is 473 g/mol. The number of halogens is 1. The Balaban J connectivity index is 1.65. The molecule has 1 atom stereocenters. The molecular weight excluding hydrogens is 450 g/mol. The minimum Gasteiger partial charge on any atom is -0.349 e. The molecule has 1 amide bonds. The van der Waals surface area contributed by atoms with Crippen molar-refractivity contribution in [2.45, 2.75) is 31.5 Å². The van der Waals surface area contributed by atoms with Crippen LogP contribution in [0.2, 0.25) is 0 Å². The molecule has 0 aliphatic carbocycles. The maximum atomic E-state index is 12.6. The van der Waals surface area contributed by atoms with Crippen LogP contribution in [0.3, 0.4) is 0 Å². The topological polar surface area (TPSA) is 85.8 Å². The lowest BCUT2D eigenvalue weighted by Crippen LogP contribution is -2.31. The molecule has 29 heavy (non-hydrogen) atoms. The first-order chi connectivity index (χ1) is 14.0. The number of hydrogen-bond acceptors (Lipinski definition) is 5. The first-order valence-electron chi connectivity index (χ1n) is 9.38. The third-order valence-corrected chi connectivity index (χ3v) is 5.99.